The summed E-state index contributed by atoms with van der Waals surface area (Å²) in [4.78, 5) is 14.6. The van der Waals surface area contributed by atoms with Gasteiger partial charge in [0.05, 0.1) is 12.1 Å². The lowest BCUT2D eigenvalue weighted by atomic mass is 9.93. The number of urea groups is 1. The van der Waals surface area contributed by atoms with Crippen LogP contribution in [0.3, 0.4) is 0 Å². The molecular formula is C20H25N3O2. The normalized spacial score (nSPS) is 18.5. The number of nitrogens with one attached hydrogen (secondary N) is 2. The summed E-state index contributed by atoms with van der Waals surface area (Å²) in [6.07, 6.45) is 1.56. The van der Waals surface area contributed by atoms with Crippen molar-refractivity contribution in [3.63, 3.8) is 0 Å². The first-order valence-corrected chi connectivity index (χ1v) is 8.67. The van der Waals surface area contributed by atoms with Crippen molar-refractivity contribution in [2.24, 2.45) is 0 Å². The molecule has 1 aliphatic rings. The van der Waals surface area contributed by atoms with Gasteiger partial charge in [-0.2, -0.15) is 0 Å². The van der Waals surface area contributed by atoms with Gasteiger partial charge in [0.25, 0.3) is 0 Å². The molecule has 0 saturated carbocycles. The molecule has 5 nitrogen and oxygen atoms in total. The van der Waals surface area contributed by atoms with Gasteiger partial charge >= 0.3 is 6.03 Å². The molecule has 2 aromatic carbocycles. The van der Waals surface area contributed by atoms with E-state index >= 15 is 0 Å². The largest absolute Gasteiger partial charge is 0.394 e. The van der Waals surface area contributed by atoms with Crippen LogP contribution in [-0.4, -0.2) is 31.3 Å². The van der Waals surface area contributed by atoms with Gasteiger partial charge in [0.2, 0.25) is 0 Å². The number of carbonyl (C=O) groups excluding carboxylic acids is 1. The Bertz CT molecular complexity index is 762. The highest BCUT2D eigenvalue weighted by Gasteiger charge is 2.39. The Morgan fingerprint density at radius 2 is 2.04 bits per heavy atom. The lowest BCUT2D eigenvalue weighted by Crippen LogP contribution is -2.48. The number of hydrogen-bond acceptors (Lipinski definition) is 3. The van der Waals surface area contributed by atoms with Crippen LogP contribution >= 0.6 is 0 Å². The second-order valence-corrected chi connectivity index (χ2v) is 6.54. The van der Waals surface area contributed by atoms with Crippen molar-refractivity contribution in [1.29, 1.82) is 0 Å². The summed E-state index contributed by atoms with van der Waals surface area (Å²) in [6.45, 7) is 2.85. The van der Waals surface area contributed by atoms with Crippen molar-refractivity contribution < 1.29 is 9.90 Å². The molecule has 1 atom stereocenters. The molecule has 25 heavy (non-hydrogen) atoms. The number of carbonyl (C=O) groups is 1. The van der Waals surface area contributed by atoms with Crippen LogP contribution in [0.4, 0.5) is 16.2 Å². The summed E-state index contributed by atoms with van der Waals surface area (Å²) in [5, 5.41) is 15.9. The van der Waals surface area contributed by atoms with Crippen LogP contribution < -0.4 is 15.5 Å². The number of benzene rings is 2. The highest BCUT2D eigenvalue weighted by molar-refractivity contribution is 5.90. The first-order valence-electron chi connectivity index (χ1n) is 8.67. The van der Waals surface area contributed by atoms with Crippen LogP contribution in [0, 0.1) is 0 Å². The van der Waals surface area contributed by atoms with Gasteiger partial charge in [-0.3, -0.25) is 0 Å². The summed E-state index contributed by atoms with van der Waals surface area (Å²) >= 11 is 0. The van der Waals surface area contributed by atoms with E-state index in [1.807, 2.05) is 49.5 Å². The zero-order chi connectivity index (χ0) is 17.9. The number of anilines is 2. The minimum absolute atomic E-state index is 0.115. The lowest BCUT2D eigenvalue weighted by Gasteiger charge is -2.29. The Morgan fingerprint density at radius 1 is 1.24 bits per heavy atom. The number of aliphatic hydroxyl groups excluding tert-OH is 1. The summed E-state index contributed by atoms with van der Waals surface area (Å²) in [6, 6.07) is 15.4. The fraction of sp³-hybridized carbons (Fsp3) is 0.350. The highest BCUT2D eigenvalue weighted by atomic mass is 16.3. The molecule has 0 spiro atoms. The minimum atomic E-state index is -0.710. The molecule has 3 N–H and O–H groups in total. The zero-order valence-corrected chi connectivity index (χ0v) is 14.7. The molecule has 0 aromatic heterocycles. The predicted molar refractivity (Wildman–Crippen MR) is 101 cm³/mol. The van der Waals surface area contributed by atoms with Crippen LogP contribution in [0.1, 0.15) is 24.5 Å². The quantitative estimate of drug-likeness (QED) is 0.784. The molecule has 1 unspecified atom stereocenters. The Morgan fingerprint density at radius 3 is 2.80 bits per heavy atom. The molecule has 5 heteroatoms. The predicted octanol–water partition coefficient (Wildman–Crippen LogP) is 3.10. The third-order valence-electron chi connectivity index (χ3n) is 5.00. The number of rotatable bonds is 5. The van der Waals surface area contributed by atoms with Crippen molar-refractivity contribution in [1.82, 2.24) is 5.32 Å². The number of fused-ring (bicyclic) bond motifs is 1. The van der Waals surface area contributed by atoms with E-state index in [0.29, 0.717) is 6.42 Å². The fourth-order valence-electron chi connectivity index (χ4n) is 3.40. The zero-order valence-electron chi connectivity index (χ0n) is 14.7. The molecule has 0 radical (unpaired) electrons. The van der Waals surface area contributed by atoms with Gasteiger partial charge in [-0.15, -0.1) is 0 Å². The Labute approximate surface area is 148 Å². The first-order chi connectivity index (χ1) is 12.1. The summed E-state index contributed by atoms with van der Waals surface area (Å²) < 4.78 is 0. The van der Waals surface area contributed by atoms with E-state index in [0.717, 1.165) is 29.9 Å². The van der Waals surface area contributed by atoms with Gasteiger partial charge < -0.3 is 20.6 Å². The molecule has 132 valence electrons. The molecule has 0 aliphatic heterocycles. The summed E-state index contributed by atoms with van der Waals surface area (Å²) in [7, 11) is 2.01. The number of aliphatic hydroxyl groups is 1. The topological polar surface area (TPSA) is 64.6 Å². The molecular weight excluding hydrogens is 314 g/mol. The van der Waals surface area contributed by atoms with Gasteiger partial charge in [0.1, 0.15) is 0 Å². The van der Waals surface area contributed by atoms with E-state index in [1.165, 1.54) is 5.56 Å². The Kier molecular flexibility index (Phi) is 4.95. The van der Waals surface area contributed by atoms with Crippen LogP contribution in [0.5, 0.6) is 0 Å². The molecule has 0 bridgehead atoms. The maximum absolute atomic E-state index is 12.5. The maximum Gasteiger partial charge on any atom is 0.320 e. The van der Waals surface area contributed by atoms with Gasteiger partial charge in [0, 0.05) is 25.0 Å². The monoisotopic (exact) mass is 339 g/mol. The fourth-order valence-corrected chi connectivity index (χ4v) is 3.40. The molecule has 0 heterocycles. The maximum atomic E-state index is 12.5. The van der Waals surface area contributed by atoms with E-state index < -0.39 is 5.54 Å². The summed E-state index contributed by atoms with van der Waals surface area (Å²) in [5.41, 5.74) is 3.26. The average molecular weight is 339 g/mol. The van der Waals surface area contributed by atoms with Gasteiger partial charge in [0.15, 0.2) is 0 Å². The van der Waals surface area contributed by atoms with Crippen molar-refractivity contribution in [3.05, 3.63) is 59.7 Å². The lowest BCUT2D eigenvalue weighted by molar-refractivity contribution is 0.164. The summed E-state index contributed by atoms with van der Waals surface area (Å²) in [5.74, 6) is 0. The van der Waals surface area contributed by atoms with E-state index in [4.69, 9.17) is 0 Å². The third-order valence-corrected chi connectivity index (χ3v) is 5.00. The van der Waals surface area contributed by atoms with Crippen molar-refractivity contribution >= 4 is 17.4 Å². The second kappa shape index (κ2) is 7.15. The number of aryl methyl sites for hydroxylation is 1. The molecule has 2 amide bonds. The van der Waals surface area contributed by atoms with E-state index in [-0.39, 0.29) is 12.6 Å². The van der Waals surface area contributed by atoms with Gasteiger partial charge in [-0.05, 0) is 49.1 Å². The Balaban J connectivity index is 1.74. The van der Waals surface area contributed by atoms with Crippen LogP contribution in [0.25, 0.3) is 0 Å². The second-order valence-electron chi connectivity index (χ2n) is 6.54. The Hall–Kier alpha value is -2.53. The number of hydrogen-bond donors (Lipinski definition) is 3. The van der Waals surface area contributed by atoms with E-state index in [2.05, 4.69) is 28.5 Å². The van der Waals surface area contributed by atoms with Crippen molar-refractivity contribution in [3.8, 4) is 0 Å². The van der Waals surface area contributed by atoms with Gasteiger partial charge in [-0.25, -0.2) is 4.79 Å². The van der Waals surface area contributed by atoms with E-state index in [1.54, 1.807) is 0 Å². The van der Waals surface area contributed by atoms with Crippen LogP contribution in [0.2, 0.25) is 0 Å². The van der Waals surface area contributed by atoms with Crippen molar-refractivity contribution in [2.45, 2.75) is 25.3 Å². The SMILES string of the molecule is CCN(C)c1cccc(NC(=O)NC2(CO)CCc3ccccc32)c1. The van der Waals surface area contributed by atoms with Gasteiger partial charge in [-0.1, -0.05) is 30.3 Å². The van der Waals surface area contributed by atoms with Crippen LogP contribution in [0.15, 0.2) is 48.5 Å². The van der Waals surface area contributed by atoms with Crippen LogP contribution in [-0.2, 0) is 12.0 Å². The van der Waals surface area contributed by atoms with E-state index in [9.17, 15) is 9.90 Å². The first kappa shape index (κ1) is 17.3. The third kappa shape index (κ3) is 3.46. The minimum Gasteiger partial charge on any atom is -0.394 e. The standard InChI is InChI=1S/C20H25N3O2/c1-3-23(2)17-9-6-8-16(13-17)21-19(25)22-20(14-24)12-11-15-7-4-5-10-18(15)20/h4-10,13,24H,3,11-12,14H2,1-2H3,(H2,21,22,25). The average Bonchev–Trinajstić information content (AvgIpc) is 3.00. The number of nitrogens with zero attached hydrogens (tertiary/aromatic N) is 1. The molecule has 0 fully saturated rings. The molecule has 3 rings (SSSR count). The molecule has 2 aromatic rings. The smallest absolute Gasteiger partial charge is 0.320 e. The van der Waals surface area contributed by atoms with Crippen molar-refractivity contribution in [2.75, 3.05) is 30.4 Å². The highest BCUT2D eigenvalue weighted by Crippen LogP contribution is 2.36. The number of amides is 2. The molecule has 1 aliphatic carbocycles. The molecule has 0 saturated heterocycles.